The van der Waals surface area contributed by atoms with Crippen LogP contribution in [0.15, 0.2) is 55.1 Å². The number of pyridine rings is 1. The average Bonchev–Trinajstić information content (AvgIpc) is 3.09. The zero-order chi connectivity index (χ0) is 19.7. The average molecular weight is 378 g/mol. The molecule has 1 saturated carbocycles. The topological polar surface area (TPSA) is 59.8 Å². The number of rotatable bonds is 3. The Morgan fingerprint density at radius 2 is 2.11 bits per heavy atom. The Hall–Kier alpha value is -3.53. The highest BCUT2D eigenvalue weighted by molar-refractivity contribution is 6.04. The molecule has 4 rings (SSSR count). The summed E-state index contributed by atoms with van der Waals surface area (Å²) in [5.74, 6) is 3.00. The predicted octanol–water partition coefficient (Wildman–Crippen LogP) is 3.82. The van der Waals surface area contributed by atoms with E-state index in [1.807, 2.05) is 19.1 Å². The van der Waals surface area contributed by atoms with Gasteiger partial charge in [0.25, 0.3) is 11.8 Å². The van der Waals surface area contributed by atoms with Gasteiger partial charge in [0, 0.05) is 41.7 Å². The number of nitrogens with one attached hydrogen (secondary N) is 1. The SMILES string of the molecule is Cc1ccc(C(=O)Nc2cnn(C3CC3(F)F)c2)cc1C#Cc1cccnc1. The van der Waals surface area contributed by atoms with Crippen LogP contribution < -0.4 is 5.32 Å². The number of alkyl halides is 2. The standard InChI is InChI=1S/C21H16F2N4O/c1-14-4-6-17(9-16(14)7-5-15-3-2-8-24-11-15)20(28)26-18-12-25-27(13-18)19-10-21(19,22)23/h2-4,6,8-9,11-13,19H,10H2,1H3,(H,26,28). The molecule has 1 aromatic carbocycles. The van der Waals surface area contributed by atoms with Crippen molar-refractivity contribution in [2.45, 2.75) is 25.3 Å². The van der Waals surface area contributed by atoms with Gasteiger partial charge in [-0.25, -0.2) is 8.78 Å². The Balaban J connectivity index is 1.50. The lowest BCUT2D eigenvalue weighted by Crippen LogP contribution is -2.12. The zero-order valence-electron chi connectivity index (χ0n) is 15.0. The Bertz CT molecular complexity index is 1100. The molecular weight excluding hydrogens is 362 g/mol. The summed E-state index contributed by atoms with van der Waals surface area (Å²) in [6.45, 7) is 1.91. The number of carbonyl (C=O) groups excluding carboxylic acids is 1. The lowest BCUT2D eigenvalue weighted by Gasteiger charge is -2.05. The van der Waals surface area contributed by atoms with E-state index in [1.54, 1.807) is 30.6 Å². The third-order valence-electron chi connectivity index (χ3n) is 4.47. The van der Waals surface area contributed by atoms with Crippen LogP contribution in [0.25, 0.3) is 0 Å². The maximum atomic E-state index is 13.1. The first-order valence-electron chi connectivity index (χ1n) is 8.68. The van der Waals surface area contributed by atoms with Gasteiger partial charge in [-0.3, -0.25) is 14.5 Å². The highest BCUT2D eigenvalue weighted by Crippen LogP contribution is 2.52. The fraction of sp³-hybridized carbons (Fsp3) is 0.190. The van der Waals surface area contributed by atoms with E-state index in [9.17, 15) is 13.6 Å². The summed E-state index contributed by atoms with van der Waals surface area (Å²) in [5, 5.41) is 6.59. The van der Waals surface area contributed by atoms with Crippen molar-refractivity contribution in [3.05, 3.63) is 77.4 Å². The zero-order valence-corrected chi connectivity index (χ0v) is 15.0. The molecule has 1 atom stereocenters. The van der Waals surface area contributed by atoms with Crippen molar-refractivity contribution < 1.29 is 13.6 Å². The van der Waals surface area contributed by atoms with Crippen molar-refractivity contribution >= 4 is 11.6 Å². The van der Waals surface area contributed by atoms with Crippen LogP contribution in [0.2, 0.25) is 0 Å². The minimum absolute atomic E-state index is 0.223. The van der Waals surface area contributed by atoms with Gasteiger partial charge in [-0.2, -0.15) is 5.10 Å². The van der Waals surface area contributed by atoms with E-state index in [-0.39, 0.29) is 12.3 Å². The predicted molar refractivity (Wildman–Crippen MR) is 100 cm³/mol. The first kappa shape index (κ1) is 17.9. The Morgan fingerprint density at radius 3 is 2.82 bits per heavy atom. The Kier molecular flexibility index (Phi) is 4.40. The van der Waals surface area contributed by atoms with Gasteiger partial charge in [0.15, 0.2) is 0 Å². The molecule has 5 nitrogen and oxygen atoms in total. The van der Waals surface area contributed by atoms with Crippen LogP contribution in [0.3, 0.4) is 0 Å². The maximum absolute atomic E-state index is 13.1. The molecule has 1 aliphatic rings. The van der Waals surface area contributed by atoms with Crippen LogP contribution in [0.5, 0.6) is 0 Å². The molecule has 1 N–H and O–H groups in total. The fourth-order valence-electron chi connectivity index (χ4n) is 2.74. The van der Waals surface area contributed by atoms with E-state index in [0.29, 0.717) is 11.3 Å². The van der Waals surface area contributed by atoms with Crippen LogP contribution in [-0.2, 0) is 0 Å². The second kappa shape index (κ2) is 6.89. The molecule has 1 aliphatic carbocycles. The molecule has 1 unspecified atom stereocenters. The minimum atomic E-state index is -2.72. The number of hydrogen-bond donors (Lipinski definition) is 1. The first-order chi connectivity index (χ1) is 13.4. The number of halogens is 2. The van der Waals surface area contributed by atoms with Crippen LogP contribution in [0, 0.1) is 18.8 Å². The summed E-state index contributed by atoms with van der Waals surface area (Å²) in [7, 11) is 0. The number of amides is 1. The van der Waals surface area contributed by atoms with Gasteiger partial charge in [-0.1, -0.05) is 17.9 Å². The monoisotopic (exact) mass is 378 g/mol. The number of benzene rings is 1. The molecule has 0 radical (unpaired) electrons. The number of anilines is 1. The maximum Gasteiger partial charge on any atom is 0.272 e. The molecule has 2 heterocycles. The van der Waals surface area contributed by atoms with E-state index in [0.717, 1.165) is 16.7 Å². The number of hydrogen-bond acceptors (Lipinski definition) is 3. The summed E-state index contributed by atoms with van der Waals surface area (Å²) in [4.78, 5) is 16.5. The van der Waals surface area contributed by atoms with Crippen LogP contribution in [0.4, 0.5) is 14.5 Å². The lowest BCUT2D eigenvalue weighted by atomic mass is 10.0. The van der Waals surface area contributed by atoms with Gasteiger partial charge < -0.3 is 5.32 Å². The number of aromatic nitrogens is 3. The largest absolute Gasteiger partial charge is 0.319 e. The molecule has 3 aromatic rings. The van der Waals surface area contributed by atoms with Gasteiger partial charge in [0.05, 0.1) is 11.9 Å². The van der Waals surface area contributed by atoms with Crippen molar-refractivity contribution in [2.24, 2.45) is 0 Å². The smallest absolute Gasteiger partial charge is 0.272 e. The van der Waals surface area contributed by atoms with Crippen LogP contribution in [0.1, 0.15) is 39.5 Å². The number of aryl methyl sites for hydroxylation is 1. The molecule has 0 saturated heterocycles. The molecule has 7 heteroatoms. The molecule has 1 amide bonds. The van der Waals surface area contributed by atoms with E-state index in [1.165, 1.54) is 17.1 Å². The van der Waals surface area contributed by atoms with Gasteiger partial charge >= 0.3 is 0 Å². The minimum Gasteiger partial charge on any atom is -0.319 e. The van der Waals surface area contributed by atoms with Crippen molar-refractivity contribution in [1.29, 1.82) is 0 Å². The fourth-order valence-corrected chi connectivity index (χ4v) is 2.74. The first-order valence-corrected chi connectivity index (χ1v) is 8.68. The molecule has 1 fully saturated rings. The quantitative estimate of drug-likeness (QED) is 0.705. The Morgan fingerprint density at radius 1 is 1.29 bits per heavy atom. The molecule has 140 valence electrons. The number of carbonyl (C=O) groups is 1. The number of nitrogens with zero attached hydrogens (tertiary/aromatic N) is 3. The van der Waals surface area contributed by atoms with Crippen LogP contribution in [-0.4, -0.2) is 26.6 Å². The highest BCUT2D eigenvalue weighted by Gasteiger charge is 2.59. The lowest BCUT2D eigenvalue weighted by molar-refractivity contribution is 0.0983. The molecule has 28 heavy (non-hydrogen) atoms. The highest BCUT2D eigenvalue weighted by atomic mass is 19.3. The van der Waals surface area contributed by atoms with Crippen molar-refractivity contribution in [1.82, 2.24) is 14.8 Å². The van der Waals surface area contributed by atoms with Gasteiger partial charge in [-0.15, -0.1) is 0 Å². The second-order valence-corrected chi connectivity index (χ2v) is 6.67. The summed E-state index contributed by atoms with van der Waals surface area (Å²) < 4.78 is 27.5. The van der Waals surface area contributed by atoms with Crippen molar-refractivity contribution in [3.8, 4) is 11.8 Å². The van der Waals surface area contributed by atoms with E-state index >= 15 is 0 Å². The van der Waals surface area contributed by atoms with Crippen molar-refractivity contribution in [2.75, 3.05) is 5.32 Å². The summed E-state index contributed by atoms with van der Waals surface area (Å²) in [5.41, 5.74) is 3.24. The summed E-state index contributed by atoms with van der Waals surface area (Å²) in [6, 6.07) is 7.95. The Labute approximate surface area is 160 Å². The van der Waals surface area contributed by atoms with E-state index in [4.69, 9.17) is 0 Å². The second-order valence-electron chi connectivity index (χ2n) is 6.67. The third kappa shape index (κ3) is 3.76. The molecule has 0 spiro atoms. The molecule has 0 bridgehead atoms. The molecule has 2 aromatic heterocycles. The van der Waals surface area contributed by atoms with Crippen molar-refractivity contribution in [3.63, 3.8) is 0 Å². The summed E-state index contributed by atoms with van der Waals surface area (Å²) in [6.07, 6.45) is 5.90. The normalized spacial score (nSPS) is 16.8. The summed E-state index contributed by atoms with van der Waals surface area (Å²) >= 11 is 0. The van der Waals surface area contributed by atoms with E-state index < -0.39 is 12.0 Å². The van der Waals surface area contributed by atoms with E-state index in [2.05, 4.69) is 27.2 Å². The van der Waals surface area contributed by atoms with Gasteiger partial charge in [0.2, 0.25) is 0 Å². The third-order valence-corrected chi connectivity index (χ3v) is 4.47. The van der Waals surface area contributed by atoms with Crippen LogP contribution >= 0.6 is 0 Å². The van der Waals surface area contributed by atoms with Gasteiger partial charge in [-0.05, 0) is 36.8 Å². The molecular formula is C21H16F2N4O. The molecule has 0 aliphatic heterocycles. The van der Waals surface area contributed by atoms with Gasteiger partial charge in [0.1, 0.15) is 6.04 Å².